The molecule has 2 aromatic carbocycles. The average molecular weight is 377 g/mol. The topological polar surface area (TPSA) is 92.9 Å². The molecule has 3 aromatic rings. The van der Waals surface area contributed by atoms with Gasteiger partial charge in [-0.25, -0.2) is 5.43 Å². The molecular formula is C21H19N3O4. The molecule has 7 nitrogen and oxygen atoms in total. The lowest BCUT2D eigenvalue weighted by molar-refractivity contribution is -0.118. The summed E-state index contributed by atoms with van der Waals surface area (Å²) in [6, 6.07) is 17.7. The molecule has 142 valence electrons. The molecule has 0 radical (unpaired) electrons. The molecule has 2 amide bonds. The van der Waals surface area contributed by atoms with Crippen LogP contribution in [0.25, 0.3) is 0 Å². The quantitative estimate of drug-likeness (QED) is 0.488. The van der Waals surface area contributed by atoms with Crippen LogP contribution < -0.4 is 15.5 Å². The van der Waals surface area contributed by atoms with Gasteiger partial charge in [0.2, 0.25) is 0 Å². The number of aryl methyl sites for hydroxylation is 1. The molecular weight excluding hydrogens is 358 g/mol. The van der Waals surface area contributed by atoms with E-state index in [0.717, 1.165) is 16.8 Å². The maximum absolute atomic E-state index is 11.9. The maximum Gasteiger partial charge on any atom is 0.307 e. The van der Waals surface area contributed by atoms with E-state index in [0.29, 0.717) is 5.75 Å². The van der Waals surface area contributed by atoms with Crippen molar-refractivity contribution in [2.45, 2.75) is 6.92 Å². The summed E-state index contributed by atoms with van der Waals surface area (Å²) in [5.74, 6) is 0.0663. The van der Waals surface area contributed by atoms with Crippen molar-refractivity contribution in [2.24, 2.45) is 5.10 Å². The lowest BCUT2D eigenvalue weighted by atomic mass is 10.2. The van der Waals surface area contributed by atoms with Gasteiger partial charge in [0, 0.05) is 5.69 Å². The highest BCUT2D eigenvalue weighted by Gasteiger charge is 2.06. The molecule has 3 rings (SSSR count). The summed E-state index contributed by atoms with van der Waals surface area (Å²) in [4.78, 5) is 23.6. The van der Waals surface area contributed by atoms with E-state index < -0.39 is 5.91 Å². The Labute approximate surface area is 162 Å². The first kappa shape index (κ1) is 18.9. The zero-order valence-corrected chi connectivity index (χ0v) is 15.2. The Morgan fingerprint density at radius 2 is 1.82 bits per heavy atom. The van der Waals surface area contributed by atoms with Crippen molar-refractivity contribution in [3.05, 3.63) is 83.8 Å². The molecule has 1 aromatic heterocycles. The molecule has 0 bridgehead atoms. The van der Waals surface area contributed by atoms with Crippen molar-refractivity contribution in [1.82, 2.24) is 5.43 Å². The third-order valence-electron chi connectivity index (χ3n) is 3.71. The Morgan fingerprint density at radius 3 is 2.50 bits per heavy atom. The number of nitrogens with one attached hydrogen (secondary N) is 2. The number of rotatable bonds is 7. The van der Waals surface area contributed by atoms with Gasteiger partial charge in [-0.1, -0.05) is 17.7 Å². The van der Waals surface area contributed by atoms with E-state index in [2.05, 4.69) is 15.8 Å². The molecule has 0 saturated heterocycles. The Balaban J connectivity index is 1.44. The molecule has 0 aliphatic rings. The molecule has 0 aliphatic heterocycles. The van der Waals surface area contributed by atoms with Crippen LogP contribution in [0.15, 0.2) is 76.4 Å². The second-order valence-corrected chi connectivity index (χ2v) is 5.95. The van der Waals surface area contributed by atoms with Crippen LogP contribution in [-0.2, 0) is 4.79 Å². The van der Waals surface area contributed by atoms with Crippen LogP contribution in [0.5, 0.6) is 5.75 Å². The lowest BCUT2D eigenvalue weighted by Gasteiger charge is -2.08. The number of amides is 2. The van der Waals surface area contributed by atoms with E-state index in [1.807, 2.05) is 31.2 Å². The number of hydrazone groups is 1. The first-order valence-corrected chi connectivity index (χ1v) is 8.56. The number of carbonyl (C=O) groups excluding carboxylic acids is 2. The highest BCUT2D eigenvalue weighted by Crippen LogP contribution is 2.12. The van der Waals surface area contributed by atoms with Crippen molar-refractivity contribution in [3.63, 3.8) is 0 Å². The van der Waals surface area contributed by atoms with Gasteiger partial charge < -0.3 is 14.5 Å². The molecule has 28 heavy (non-hydrogen) atoms. The maximum atomic E-state index is 11.9. The number of hydrogen-bond acceptors (Lipinski definition) is 5. The second kappa shape index (κ2) is 9.18. The predicted octanol–water partition coefficient (Wildman–Crippen LogP) is 3.37. The van der Waals surface area contributed by atoms with Gasteiger partial charge in [0.25, 0.3) is 5.91 Å². The van der Waals surface area contributed by atoms with Gasteiger partial charge in [-0.05, 0) is 61.0 Å². The smallest absolute Gasteiger partial charge is 0.307 e. The van der Waals surface area contributed by atoms with Crippen molar-refractivity contribution in [2.75, 3.05) is 11.9 Å². The third-order valence-corrected chi connectivity index (χ3v) is 3.71. The van der Waals surface area contributed by atoms with Crippen LogP contribution >= 0.6 is 0 Å². The standard InChI is InChI=1S/C21H19N3O4/c1-15-4-8-17(9-5-15)23-20(25)14-28-18-10-6-16(7-11-18)13-22-24-21(26)19-3-2-12-27-19/h2-13H,14H2,1H3,(H,23,25)(H,24,26)/b22-13-. The molecule has 0 fully saturated rings. The van der Waals surface area contributed by atoms with Crippen LogP contribution in [0.4, 0.5) is 5.69 Å². The lowest BCUT2D eigenvalue weighted by Crippen LogP contribution is -2.20. The van der Waals surface area contributed by atoms with Crippen LogP contribution in [0, 0.1) is 6.92 Å². The summed E-state index contributed by atoms with van der Waals surface area (Å²) in [6.45, 7) is 1.89. The normalized spacial score (nSPS) is 10.6. The van der Waals surface area contributed by atoms with Gasteiger partial charge in [-0.2, -0.15) is 5.10 Å². The van der Waals surface area contributed by atoms with E-state index in [-0.39, 0.29) is 18.3 Å². The molecule has 0 atom stereocenters. The predicted molar refractivity (Wildman–Crippen MR) is 106 cm³/mol. The molecule has 2 N–H and O–H groups in total. The van der Waals surface area contributed by atoms with Gasteiger partial charge in [-0.3, -0.25) is 9.59 Å². The minimum absolute atomic E-state index is 0.0967. The summed E-state index contributed by atoms with van der Waals surface area (Å²) in [6.07, 6.45) is 2.91. The Hall–Kier alpha value is -3.87. The molecule has 0 unspecified atom stereocenters. The summed E-state index contributed by atoms with van der Waals surface area (Å²) in [5, 5.41) is 6.63. The fraction of sp³-hybridized carbons (Fsp3) is 0.0952. The number of ether oxygens (including phenoxy) is 1. The second-order valence-electron chi connectivity index (χ2n) is 5.95. The molecule has 0 aliphatic carbocycles. The van der Waals surface area contributed by atoms with Crippen LogP contribution in [0.1, 0.15) is 21.7 Å². The summed E-state index contributed by atoms with van der Waals surface area (Å²) >= 11 is 0. The summed E-state index contributed by atoms with van der Waals surface area (Å²) < 4.78 is 10.4. The van der Waals surface area contributed by atoms with Crippen molar-refractivity contribution in [1.29, 1.82) is 0 Å². The number of anilines is 1. The van der Waals surface area contributed by atoms with Crippen LogP contribution in [0.3, 0.4) is 0 Å². The largest absolute Gasteiger partial charge is 0.484 e. The fourth-order valence-electron chi connectivity index (χ4n) is 2.26. The van der Waals surface area contributed by atoms with Crippen molar-refractivity contribution in [3.8, 4) is 5.75 Å². The third kappa shape index (κ3) is 5.57. The number of carbonyl (C=O) groups is 2. The van der Waals surface area contributed by atoms with E-state index in [9.17, 15) is 9.59 Å². The minimum atomic E-state index is -0.430. The van der Waals surface area contributed by atoms with Crippen LogP contribution in [-0.4, -0.2) is 24.6 Å². The molecule has 7 heteroatoms. The summed E-state index contributed by atoms with van der Waals surface area (Å²) in [5.41, 5.74) is 4.98. The first-order valence-electron chi connectivity index (χ1n) is 8.56. The van der Waals surface area contributed by atoms with E-state index in [4.69, 9.17) is 9.15 Å². The van der Waals surface area contributed by atoms with Crippen LogP contribution in [0.2, 0.25) is 0 Å². The van der Waals surface area contributed by atoms with E-state index >= 15 is 0 Å². The highest BCUT2D eigenvalue weighted by atomic mass is 16.5. The number of benzene rings is 2. The Morgan fingerprint density at radius 1 is 1.07 bits per heavy atom. The Bertz CT molecular complexity index is 946. The number of nitrogens with zero attached hydrogens (tertiary/aromatic N) is 1. The number of furan rings is 1. The zero-order chi connectivity index (χ0) is 19.8. The van der Waals surface area contributed by atoms with Gasteiger partial charge >= 0.3 is 5.91 Å². The monoisotopic (exact) mass is 377 g/mol. The first-order chi connectivity index (χ1) is 13.6. The highest BCUT2D eigenvalue weighted by molar-refractivity contribution is 5.92. The van der Waals surface area contributed by atoms with Crippen molar-refractivity contribution < 1.29 is 18.7 Å². The Kier molecular flexibility index (Phi) is 6.20. The van der Waals surface area contributed by atoms with Gasteiger partial charge in [-0.15, -0.1) is 0 Å². The molecule has 0 spiro atoms. The zero-order valence-electron chi connectivity index (χ0n) is 15.2. The van der Waals surface area contributed by atoms with Crippen molar-refractivity contribution >= 4 is 23.7 Å². The van der Waals surface area contributed by atoms with Gasteiger partial charge in [0.1, 0.15) is 5.75 Å². The fourth-order valence-corrected chi connectivity index (χ4v) is 2.26. The molecule has 0 saturated carbocycles. The van der Waals surface area contributed by atoms with Gasteiger partial charge in [0.05, 0.1) is 12.5 Å². The molecule has 1 heterocycles. The SMILES string of the molecule is Cc1ccc(NC(=O)COc2ccc(/C=N\NC(=O)c3ccco3)cc2)cc1. The minimum Gasteiger partial charge on any atom is -0.484 e. The number of hydrogen-bond donors (Lipinski definition) is 2. The van der Waals surface area contributed by atoms with E-state index in [1.54, 1.807) is 36.4 Å². The summed E-state index contributed by atoms with van der Waals surface area (Å²) in [7, 11) is 0. The van der Waals surface area contributed by atoms with Gasteiger partial charge in [0.15, 0.2) is 12.4 Å². The average Bonchev–Trinajstić information content (AvgIpc) is 3.24. The van der Waals surface area contributed by atoms with E-state index in [1.165, 1.54) is 12.5 Å².